The smallest absolute Gasteiger partial charge is 0.128 e. The van der Waals surface area contributed by atoms with Crippen LogP contribution in [0.1, 0.15) is 49.2 Å². The van der Waals surface area contributed by atoms with E-state index in [2.05, 4.69) is 96.3 Å². The van der Waals surface area contributed by atoms with Crippen LogP contribution in [-0.4, -0.2) is 57.6 Å². The van der Waals surface area contributed by atoms with Crippen molar-refractivity contribution >= 4 is 23.7 Å². The highest BCUT2D eigenvalue weighted by Gasteiger charge is 2.25. The average molecular weight is 533 g/mol. The maximum atomic E-state index is 9.80. The number of piperazine rings is 1. The van der Waals surface area contributed by atoms with E-state index in [9.17, 15) is 5.26 Å². The van der Waals surface area contributed by atoms with Crippen LogP contribution < -0.4 is 4.90 Å². The van der Waals surface area contributed by atoms with Crippen LogP contribution in [-0.2, 0) is 6.54 Å². The molecule has 0 bridgehead atoms. The predicted octanol–water partition coefficient (Wildman–Crippen LogP) is 5.64. The highest BCUT2D eigenvalue weighted by Crippen LogP contribution is 2.38. The fourth-order valence-corrected chi connectivity index (χ4v) is 5.23. The Kier molecular flexibility index (Phi) is 7.94. The maximum absolute atomic E-state index is 9.80. The van der Waals surface area contributed by atoms with Gasteiger partial charge in [-0.05, 0) is 51.5 Å². The Balaban J connectivity index is 1.40. The summed E-state index contributed by atoms with van der Waals surface area (Å²) in [5, 5.41) is 20.4. The van der Waals surface area contributed by atoms with Gasteiger partial charge >= 0.3 is 0 Å². The molecular formula is C32H36N8. The Bertz CT molecular complexity index is 1490. The van der Waals surface area contributed by atoms with E-state index in [4.69, 9.17) is 10.1 Å². The monoisotopic (exact) mass is 532 g/mol. The van der Waals surface area contributed by atoms with Gasteiger partial charge in [0.1, 0.15) is 5.82 Å². The molecule has 0 unspecified atom stereocenters. The van der Waals surface area contributed by atoms with Crippen LogP contribution in [0.3, 0.4) is 0 Å². The van der Waals surface area contributed by atoms with E-state index in [1.54, 1.807) is 11.9 Å². The topological polar surface area (TPSA) is 76.6 Å². The van der Waals surface area contributed by atoms with E-state index >= 15 is 0 Å². The van der Waals surface area contributed by atoms with E-state index in [0.29, 0.717) is 11.3 Å². The molecule has 8 nitrogen and oxygen atoms in total. The minimum Gasteiger partial charge on any atom is -0.354 e. The van der Waals surface area contributed by atoms with Crippen LogP contribution in [0.25, 0.3) is 11.1 Å². The Morgan fingerprint density at radius 1 is 1.10 bits per heavy atom. The SMILES string of the molecule is C=NN1C=C(c2cn(C(C)C)nc2C)C=C(c2ccc(N3CCN(Cc4ccccc4)CC3)nc2)/C1=C(/C)C#N. The molecule has 2 aliphatic heterocycles. The molecule has 0 atom stereocenters. The molecule has 0 amide bonds. The summed E-state index contributed by atoms with van der Waals surface area (Å²) in [7, 11) is 0. The normalized spacial score (nSPS) is 17.4. The molecular weight excluding hydrogens is 496 g/mol. The second-order valence-corrected chi connectivity index (χ2v) is 10.6. The number of nitrogens with zero attached hydrogens (tertiary/aromatic N) is 8. The van der Waals surface area contributed by atoms with Gasteiger partial charge in [-0.2, -0.15) is 15.5 Å². The number of hydrazone groups is 1. The van der Waals surface area contributed by atoms with E-state index < -0.39 is 0 Å². The summed E-state index contributed by atoms with van der Waals surface area (Å²) in [6.45, 7) is 16.6. The zero-order chi connectivity index (χ0) is 28.2. The molecule has 8 heteroatoms. The van der Waals surface area contributed by atoms with Crippen molar-refractivity contribution in [3.8, 4) is 6.07 Å². The lowest BCUT2D eigenvalue weighted by molar-refractivity contribution is 0.249. The summed E-state index contributed by atoms with van der Waals surface area (Å²) < 4.78 is 1.96. The summed E-state index contributed by atoms with van der Waals surface area (Å²) in [6, 6.07) is 17.3. The van der Waals surface area contributed by atoms with E-state index in [1.807, 2.05) is 24.0 Å². The molecule has 0 spiro atoms. The third kappa shape index (κ3) is 5.61. The quantitative estimate of drug-likeness (QED) is 0.289. The third-order valence-corrected chi connectivity index (χ3v) is 7.48. The van der Waals surface area contributed by atoms with Gasteiger partial charge in [-0.1, -0.05) is 30.3 Å². The number of hydrogen-bond acceptors (Lipinski definition) is 7. The van der Waals surface area contributed by atoms with Crippen molar-refractivity contribution in [1.82, 2.24) is 24.7 Å². The molecule has 2 aromatic heterocycles. The first-order chi connectivity index (χ1) is 19.4. The average Bonchev–Trinajstić information content (AvgIpc) is 3.39. The van der Waals surface area contributed by atoms with E-state index in [0.717, 1.165) is 66.5 Å². The van der Waals surface area contributed by atoms with Crippen LogP contribution in [0, 0.1) is 18.3 Å². The lowest BCUT2D eigenvalue weighted by Crippen LogP contribution is -2.46. The van der Waals surface area contributed by atoms with Crippen LogP contribution in [0.2, 0.25) is 0 Å². The highest BCUT2D eigenvalue weighted by molar-refractivity contribution is 5.93. The highest BCUT2D eigenvalue weighted by atomic mass is 15.4. The van der Waals surface area contributed by atoms with E-state index in [-0.39, 0.29) is 6.04 Å². The van der Waals surface area contributed by atoms with Crippen LogP contribution in [0.15, 0.2) is 83.5 Å². The fraction of sp³-hybridized carbons (Fsp3) is 0.312. The van der Waals surface area contributed by atoms with Gasteiger partial charge in [-0.25, -0.2) is 9.99 Å². The minimum atomic E-state index is 0.252. The Morgan fingerprint density at radius 3 is 2.45 bits per heavy atom. The van der Waals surface area contributed by atoms with Crippen LogP contribution in [0.4, 0.5) is 5.82 Å². The molecule has 1 saturated heterocycles. The number of pyridine rings is 1. The van der Waals surface area contributed by atoms with Crippen molar-refractivity contribution in [1.29, 1.82) is 5.26 Å². The van der Waals surface area contributed by atoms with Gasteiger partial charge in [-0.15, -0.1) is 0 Å². The molecule has 1 aromatic carbocycles. The summed E-state index contributed by atoms with van der Waals surface area (Å²) >= 11 is 0. The molecule has 0 saturated carbocycles. The number of rotatable bonds is 7. The molecule has 0 radical (unpaired) electrons. The molecule has 204 valence electrons. The summed E-state index contributed by atoms with van der Waals surface area (Å²) in [5.41, 5.74) is 7.33. The van der Waals surface area contributed by atoms with Crippen molar-refractivity contribution in [2.75, 3.05) is 31.1 Å². The molecule has 3 aromatic rings. The van der Waals surface area contributed by atoms with Gasteiger partial charge in [0.2, 0.25) is 0 Å². The molecule has 0 N–H and O–H groups in total. The fourth-order valence-electron chi connectivity index (χ4n) is 5.23. The zero-order valence-electron chi connectivity index (χ0n) is 23.7. The molecule has 0 aliphatic carbocycles. The molecule has 40 heavy (non-hydrogen) atoms. The van der Waals surface area contributed by atoms with Crippen LogP contribution >= 0.6 is 0 Å². The van der Waals surface area contributed by atoms with Gasteiger partial charge in [-0.3, -0.25) is 9.58 Å². The zero-order valence-corrected chi connectivity index (χ0v) is 23.7. The number of benzene rings is 1. The molecule has 4 heterocycles. The predicted molar refractivity (Wildman–Crippen MR) is 161 cm³/mol. The summed E-state index contributed by atoms with van der Waals surface area (Å²) in [5.74, 6) is 0.963. The Labute approximate surface area is 236 Å². The van der Waals surface area contributed by atoms with Crippen molar-refractivity contribution in [2.45, 2.75) is 40.3 Å². The van der Waals surface area contributed by atoms with Crippen molar-refractivity contribution in [3.63, 3.8) is 0 Å². The lowest BCUT2D eigenvalue weighted by Gasteiger charge is -2.35. The Morgan fingerprint density at radius 2 is 1.85 bits per heavy atom. The first-order valence-corrected chi connectivity index (χ1v) is 13.7. The summed E-state index contributed by atoms with van der Waals surface area (Å²) in [6.07, 6.45) is 7.98. The number of aromatic nitrogens is 3. The van der Waals surface area contributed by atoms with Crippen molar-refractivity contribution in [2.24, 2.45) is 5.10 Å². The number of aryl methyl sites for hydroxylation is 1. The van der Waals surface area contributed by atoms with Gasteiger partial charge in [0.25, 0.3) is 0 Å². The van der Waals surface area contributed by atoms with E-state index in [1.165, 1.54) is 5.56 Å². The number of anilines is 1. The first kappa shape index (κ1) is 27.1. The number of nitriles is 1. The van der Waals surface area contributed by atoms with Crippen molar-refractivity contribution in [3.05, 3.63) is 101 Å². The second-order valence-electron chi connectivity index (χ2n) is 10.6. The van der Waals surface area contributed by atoms with Crippen molar-refractivity contribution < 1.29 is 0 Å². The third-order valence-electron chi connectivity index (χ3n) is 7.48. The van der Waals surface area contributed by atoms with Gasteiger partial charge in [0.15, 0.2) is 0 Å². The standard InChI is InChI=1S/C32H36N8/c1-23(2)39-22-30(25(4)36-39)28-17-29(32(24(3)18-33)40(21-28)34-5)27-11-12-31(35-19-27)38-15-13-37(14-16-38)20-26-9-7-6-8-10-26/h6-12,17,19,21-23H,5,13-16,20H2,1-4H3/b32-24+. The minimum absolute atomic E-state index is 0.252. The first-order valence-electron chi connectivity index (χ1n) is 13.7. The summed E-state index contributed by atoms with van der Waals surface area (Å²) in [4.78, 5) is 9.69. The molecule has 1 fully saturated rings. The number of hydrogen-bond donors (Lipinski definition) is 0. The van der Waals surface area contributed by atoms with Gasteiger partial charge in [0.05, 0.1) is 23.0 Å². The number of allylic oxidation sites excluding steroid dienone is 4. The molecule has 5 rings (SSSR count). The van der Waals surface area contributed by atoms with Crippen LogP contribution in [0.5, 0.6) is 0 Å². The van der Waals surface area contributed by atoms with Gasteiger partial charge < -0.3 is 4.90 Å². The molecule has 2 aliphatic rings. The lowest BCUT2D eigenvalue weighted by atomic mass is 9.93. The largest absolute Gasteiger partial charge is 0.354 e. The maximum Gasteiger partial charge on any atom is 0.128 e. The Hall–Kier alpha value is -4.48. The second kappa shape index (κ2) is 11.7. The van der Waals surface area contributed by atoms with Gasteiger partial charge in [0, 0.05) is 86.3 Å².